The van der Waals surface area contributed by atoms with Crippen LogP contribution in [0.5, 0.6) is 5.75 Å². The predicted molar refractivity (Wildman–Crippen MR) is 118 cm³/mol. The van der Waals surface area contributed by atoms with Crippen LogP contribution in [0.15, 0.2) is 48.9 Å². The molecule has 2 heterocycles. The van der Waals surface area contributed by atoms with E-state index in [0.29, 0.717) is 28.0 Å². The summed E-state index contributed by atoms with van der Waals surface area (Å²) < 4.78 is 31.7. The van der Waals surface area contributed by atoms with Gasteiger partial charge in [0.2, 0.25) is 0 Å². The number of amides is 1. The maximum Gasteiger partial charge on any atom is 0.487 e. The van der Waals surface area contributed by atoms with Gasteiger partial charge in [-0.3, -0.25) is 9.89 Å². The lowest BCUT2D eigenvalue weighted by Crippen LogP contribution is -2.16. The number of aromatic nitrogens is 4. The summed E-state index contributed by atoms with van der Waals surface area (Å²) in [5.41, 5.74) is -0.448. The SMILES string of the molecule is CC(C)n1cnc2cc(C(=O)Nc3ccc(OC(F)(F)Cl)cc3)cc(-c3[nH]ncc3C#N)c21. The van der Waals surface area contributed by atoms with Gasteiger partial charge in [-0.25, -0.2) is 4.98 Å². The van der Waals surface area contributed by atoms with Gasteiger partial charge in [-0.15, -0.1) is 8.78 Å². The van der Waals surface area contributed by atoms with E-state index in [1.807, 2.05) is 18.4 Å². The standard InChI is InChI=1S/C22H17ClF2N6O2/c1-12(2)31-11-27-18-8-13(7-17(20(18)31)19-14(9-26)10-28-30-19)21(32)29-15-3-5-16(6-4-15)33-22(23,24)25/h3-8,10-12H,1-2H3,(H,28,30)(H,29,32). The number of alkyl halides is 3. The van der Waals surface area contributed by atoms with Gasteiger partial charge in [-0.1, -0.05) is 0 Å². The summed E-state index contributed by atoms with van der Waals surface area (Å²) in [6.07, 6.45) is 3.09. The van der Waals surface area contributed by atoms with Crippen LogP contribution < -0.4 is 10.1 Å². The number of nitrogens with one attached hydrogen (secondary N) is 2. The molecule has 2 aromatic carbocycles. The number of hydrogen-bond donors (Lipinski definition) is 2. The average molecular weight is 471 g/mol. The fourth-order valence-corrected chi connectivity index (χ4v) is 3.49. The minimum absolute atomic E-state index is 0.0861. The van der Waals surface area contributed by atoms with Crippen molar-refractivity contribution in [3.05, 3.63) is 60.0 Å². The molecule has 4 rings (SSSR count). The Morgan fingerprint density at radius 1 is 1.30 bits per heavy atom. The Morgan fingerprint density at radius 2 is 2.03 bits per heavy atom. The van der Waals surface area contributed by atoms with Crippen LogP contribution in [0.25, 0.3) is 22.3 Å². The summed E-state index contributed by atoms with van der Waals surface area (Å²) in [6.45, 7) is 3.99. The smallest absolute Gasteiger partial charge is 0.420 e. The van der Waals surface area contributed by atoms with E-state index >= 15 is 0 Å². The summed E-state index contributed by atoms with van der Waals surface area (Å²) in [5.74, 6) is -0.606. The number of nitriles is 1. The van der Waals surface area contributed by atoms with E-state index in [2.05, 4.69) is 31.3 Å². The fourth-order valence-electron chi connectivity index (χ4n) is 3.40. The lowest BCUT2D eigenvalue weighted by molar-refractivity contribution is -0.0964. The van der Waals surface area contributed by atoms with Crippen molar-refractivity contribution < 1.29 is 18.3 Å². The van der Waals surface area contributed by atoms with Crippen LogP contribution in [0.4, 0.5) is 14.5 Å². The number of nitrogens with zero attached hydrogens (tertiary/aromatic N) is 4. The number of benzene rings is 2. The Labute approximate surface area is 191 Å². The van der Waals surface area contributed by atoms with Crippen molar-refractivity contribution in [2.45, 2.75) is 25.5 Å². The van der Waals surface area contributed by atoms with Crippen molar-refractivity contribution in [3.63, 3.8) is 0 Å². The van der Waals surface area contributed by atoms with Crippen LogP contribution in [-0.4, -0.2) is 31.2 Å². The number of anilines is 1. The number of hydrogen-bond acceptors (Lipinski definition) is 5. The van der Waals surface area contributed by atoms with E-state index < -0.39 is 11.5 Å². The maximum absolute atomic E-state index is 13.0. The zero-order chi connectivity index (χ0) is 23.8. The lowest BCUT2D eigenvalue weighted by atomic mass is 10.0. The van der Waals surface area contributed by atoms with Crippen molar-refractivity contribution in [1.82, 2.24) is 19.7 Å². The third kappa shape index (κ3) is 4.63. The van der Waals surface area contributed by atoms with Gasteiger partial charge in [0, 0.05) is 34.5 Å². The molecular formula is C22H17ClF2N6O2. The van der Waals surface area contributed by atoms with Crippen molar-refractivity contribution in [2.24, 2.45) is 0 Å². The molecule has 0 aliphatic heterocycles. The molecular weight excluding hydrogens is 454 g/mol. The first-order valence-electron chi connectivity index (χ1n) is 9.78. The first-order chi connectivity index (χ1) is 15.7. The van der Waals surface area contributed by atoms with Gasteiger partial charge in [0.25, 0.3) is 5.91 Å². The van der Waals surface area contributed by atoms with Gasteiger partial charge in [-0.2, -0.15) is 10.4 Å². The number of halogens is 3. The topological polar surface area (TPSA) is 109 Å². The van der Waals surface area contributed by atoms with Gasteiger partial charge in [-0.05, 0) is 50.2 Å². The van der Waals surface area contributed by atoms with Crippen LogP contribution >= 0.6 is 11.6 Å². The van der Waals surface area contributed by atoms with Crippen molar-refractivity contribution in [1.29, 1.82) is 5.26 Å². The highest BCUT2D eigenvalue weighted by atomic mass is 35.5. The van der Waals surface area contributed by atoms with Crippen LogP contribution in [0, 0.1) is 11.3 Å². The monoisotopic (exact) mass is 470 g/mol. The van der Waals surface area contributed by atoms with Crippen LogP contribution in [0.2, 0.25) is 0 Å². The van der Waals surface area contributed by atoms with Crippen molar-refractivity contribution in [2.75, 3.05) is 5.32 Å². The van der Waals surface area contributed by atoms with Gasteiger partial charge in [0.1, 0.15) is 11.8 Å². The molecule has 0 unspecified atom stereocenters. The number of fused-ring (bicyclic) bond motifs is 1. The molecule has 33 heavy (non-hydrogen) atoms. The molecule has 0 fully saturated rings. The molecule has 0 bridgehead atoms. The van der Waals surface area contributed by atoms with Gasteiger partial charge < -0.3 is 14.6 Å². The molecule has 0 radical (unpaired) electrons. The number of ether oxygens (including phenoxy) is 1. The number of imidazole rings is 1. The first-order valence-corrected chi connectivity index (χ1v) is 10.2. The summed E-state index contributed by atoms with van der Waals surface area (Å²) in [7, 11) is 0. The molecule has 4 aromatic rings. The Balaban J connectivity index is 1.71. The Hall–Kier alpha value is -3.97. The van der Waals surface area contributed by atoms with E-state index in [0.717, 1.165) is 5.52 Å². The number of H-pyrrole nitrogens is 1. The molecule has 8 nitrogen and oxygen atoms in total. The highest BCUT2D eigenvalue weighted by Gasteiger charge is 2.27. The third-order valence-electron chi connectivity index (χ3n) is 4.86. The highest BCUT2D eigenvalue weighted by molar-refractivity contribution is 6.20. The Morgan fingerprint density at radius 3 is 2.67 bits per heavy atom. The minimum atomic E-state index is -3.83. The van der Waals surface area contributed by atoms with E-state index in [1.165, 1.54) is 30.5 Å². The van der Waals surface area contributed by atoms with Crippen LogP contribution in [0.3, 0.4) is 0 Å². The molecule has 168 valence electrons. The first kappa shape index (κ1) is 22.2. The molecule has 1 amide bonds. The van der Waals surface area contributed by atoms with Gasteiger partial charge in [0.05, 0.1) is 34.8 Å². The second-order valence-electron chi connectivity index (χ2n) is 7.43. The van der Waals surface area contributed by atoms with Gasteiger partial charge in [0.15, 0.2) is 0 Å². The van der Waals surface area contributed by atoms with E-state index in [1.54, 1.807) is 18.5 Å². The lowest BCUT2D eigenvalue weighted by Gasteiger charge is -2.13. The molecule has 0 saturated carbocycles. The summed E-state index contributed by atoms with van der Waals surface area (Å²) in [4.78, 5) is 17.4. The summed E-state index contributed by atoms with van der Waals surface area (Å²) >= 11 is 4.76. The van der Waals surface area contributed by atoms with E-state index in [-0.39, 0.29) is 17.4 Å². The molecule has 0 aliphatic carbocycles. The van der Waals surface area contributed by atoms with Crippen molar-refractivity contribution in [3.8, 4) is 23.1 Å². The zero-order valence-corrected chi connectivity index (χ0v) is 18.2. The summed E-state index contributed by atoms with van der Waals surface area (Å²) in [6, 6.07) is 10.8. The predicted octanol–water partition coefficient (Wildman–Crippen LogP) is 5.30. The second-order valence-corrected chi connectivity index (χ2v) is 7.87. The molecule has 11 heteroatoms. The molecule has 0 saturated heterocycles. The third-order valence-corrected chi connectivity index (χ3v) is 4.94. The number of carbonyl (C=O) groups is 1. The zero-order valence-electron chi connectivity index (χ0n) is 17.4. The fraction of sp³-hybridized carbons (Fsp3) is 0.182. The molecule has 0 spiro atoms. The number of carbonyl (C=O) groups excluding carboxylic acids is 1. The summed E-state index contributed by atoms with van der Waals surface area (Å²) in [5, 5.41) is 19.0. The largest absolute Gasteiger partial charge is 0.487 e. The molecule has 0 atom stereocenters. The molecule has 2 N–H and O–H groups in total. The van der Waals surface area contributed by atoms with Crippen LogP contribution in [-0.2, 0) is 0 Å². The highest BCUT2D eigenvalue weighted by Crippen LogP contribution is 2.33. The average Bonchev–Trinajstić information content (AvgIpc) is 3.40. The Bertz CT molecular complexity index is 1370. The molecule has 0 aliphatic rings. The normalized spacial score (nSPS) is 11.5. The Kier molecular flexibility index (Phi) is 5.74. The second kappa shape index (κ2) is 8.52. The quantitative estimate of drug-likeness (QED) is 0.372. The van der Waals surface area contributed by atoms with Crippen LogP contribution in [0.1, 0.15) is 35.8 Å². The van der Waals surface area contributed by atoms with Gasteiger partial charge >= 0.3 is 5.57 Å². The number of rotatable bonds is 6. The van der Waals surface area contributed by atoms with E-state index in [9.17, 15) is 18.8 Å². The van der Waals surface area contributed by atoms with E-state index in [4.69, 9.17) is 11.6 Å². The minimum Gasteiger partial charge on any atom is -0.420 e. The maximum atomic E-state index is 13.0. The van der Waals surface area contributed by atoms with Crippen molar-refractivity contribution >= 4 is 34.2 Å². The molecule has 2 aromatic heterocycles. The number of aromatic amines is 1.